The normalized spacial score (nSPS) is 11.2. The molecule has 0 aliphatic rings. The summed E-state index contributed by atoms with van der Waals surface area (Å²) in [6, 6.07) is 14.4. The van der Waals surface area contributed by atoms with Crippen molar-refractivity contribution in [1.29, 1.82) is 0 Å². The van der Waals surface area contributed by atoms with Crippen molar-refractivity contribution in [2.75, 3.05) is 12.4 Å². The van der Waals surface area contributed by atoms with E-state index in [0.717, 1.165) is 6.07 Å². The summed E-state index contributed by atoms with van der Waals surface area (Å²) in [6.07, 6.45) is -4.52. The van der Waals surface area contributed by atoms with Crippen LogP contribution >= 0.6 is 0 Å². The average molecular weight is 361 g/mol. The van der Waals surface area contributed by atoms with Gasteiger partial charge in [0.15, 0.2) is 5.76 Å². The Morgan fingerprint density at radius 1 is 1.04 bits per heavy atom. The monoisotopic (exact) mass is 361 g/mol. The quantitative estimate of drug-likeness (QED) is 0.693. The molecule has 0 unspecified atom stereocenters. The predicted octanol–water partition coefficient (Wildman–Crippen LogP) is 5.23. The van der Waals surface area contributed by atoms with Crippen LogP contribution in [0, 0.1) is 0 Å². The molecule has 1 N–H and O–H groups in total. The lowest BCUT2D eigenvalue weighted by molar-refractivity contribution is -0.137. The Balaban J connectivity index is 1.85. The summed E-state index contributed by atoms with van der Waals surface area (Å²) >= 11 is 0. The van der Waals surface area contributed by atoms with Crippen LogP contribution in [0.25, 0.3) is 11.3 Å². The van der Waals surface area contributed by atoms with E-state index in [9.17, 15) is 18.0 Å². The molecule has 1 heterocycles. The van der Waals surface area contributed by atoms with Gasteiger partial charge in [0.25, 0.3) is 5.91 Å². The SMILES string of the molecule is COc1cccc(NC(=O)c2ccc(-c3ccccc3C(F)(F)F)o2)c1. The molecule has 0 aliphatic carbocycles. The van der Waals surface area contributed by atoms with Gasteiger partial charge < -0.3 is 14.5 Å². The van der Waals surface area contributed by atoms with E-state index in [0.29, 0.717) is 11.4 Å². The molecule has 0 saturated carbocycles. The smallest absolute Gasteiger partial charge is 0.417 e. The van der Waals surface area contributed by atoms with Gasteiger partial charge in [-0.25, -0.2) is 0 Å². The fraction of sp³-hybridized carbons (Fsp3) is 0.105. The van der Waals surface area contributed by atoms with Crippen molar-refractivity contribution >= 4 is 11.6 Å². The second kappa shape index (κ2) is 6.95. The molecule has 134 valence electrons. The van der Waals surface area contributed by atoms with Gasteiger partial charge in [-0.15, -0.1) is 0 Å². The molecule has 0 spiro atoms. The van der Waals surface area contributed by atoms with Crippen molar-refractivity contribution in [2.45, 2.75) is 6.18 Å². The highest BCUT2D eigenvalue weighted by Crippen LogP contribution is 2.37. The number of hydrogen-bond donors (Lipinski definition) is 1. The van der Waals surface area contributed by atoms with E-state index < -0.39 is 17.6 Å². The zero-order chi connectivity index (χ0) is 18.7. The van der Waals surface area contributed by atoms with Crippen LogP contribution in [0.1, 0.15) is 16.1 Å². The van der Waals surface area contributed by atoms with Gasteiger partial charge in [-0.2, -0.15) is 13.2 Å². The summed E-state index contributed by atoms with van der Waals surface area (Å²) in [5.41, 5.74) is -0.475. The standard InChI is InChI=1S/C19H14F3NO3/c1-25-13-6-4-5-12(11-13)23-18(24)17-10-9-16(26-17)14-7-2-3-8-15(14)19(20,21)22/h2-11H,1H3,(H,23,24). The van der Waals surface area contributed by atoms with Gasteiger partial charge in [-0.05, 0) is 30.3 Å². The van der Waals surface area contributed by atoms with E-state index in [2.05, 4.69) is 5.32 Å². The van der Waals surface area contributed by atoms with E-state index in [1.54, 1.807) is 24.3 Å². The summed E-state index contributed by atoms with van der Waals surface area (Å²) in [5, 5.41) is 2.61. The molecule has 0 aliphatic heterocycles. The maximum atomic E-state index is 13.1. The summed E-state index contributed by atoms with van der Waals surface area (Å²) < 4.78 is 49.8. The Bertz CT molecular complexity index is 932. The molecule has 0 radical (unpaired) electrons. The Hall–Kier alpha value is -3.22. The number of methoxy groups -OCH3 is 1. The highest BCUT2D eigenvalue weighted by atomic mass is 19.4. The molecule has 1 amide bonds. The summed E-state index contributed by atoms with van der Waals surface area (Å²) in [6.45, 7) is 0. The topological polar surface area (TPSA) is 51.5 Å². The Labute approximate surface area is 147 Å². The number of amides is 1. The van der Waals surface area contributed by atoms with Crippen LogP contribution in [0.4, 0.5) is 18.9 Å². The number of ether oxygens (including phenoxy) is 1. The van der Waals surface area contributed by atoms with E-state index in [-0.39, 0.29) is 17.1 Å². The van der Waals surface area contributed by atoms with E-state index in [1.165, 1.54) is 37.4 Å². The van der Waals surface area contributed by atoms with Crippen molar-refractivity contribution in [3.8, 4) is 17.1 Å². The maximum Gasteiger partial charge on any atom is 0.417 e. The third-order valence-electron chi connectivity index (χ3n) is 3.66. The van der Waals surface area contributed by atoms with Crippen LogP contribution in [0.3, 0.4) is 0 Å². The molecule has 1 aromatic heterocycles. The molecule has 3 aromatic rings. The van der Waals surface area contributed by atoms with Crippen molar-refractivity contribution < 1.29 is 27.1 Å². The number of benzene rings is 2. The number of anilines is 1. The molecule has 4 nitrogen and oxygen atoms in total. The summed E-state index contributed by atoms with van der Waals surface area (Å²) in [5.74, 6) is -0.149. The molecule has 26 heavy (non-hydrogen) atoms. The first-order valence-electron chi connectivity index (χ1n) is 7.60. The van der Waals surface area contributed by atoms with Crippen LogP contribution < -0.4 is 10.1 Å². The Morgan fingerprint density at radius 2 is 1.81 bits per heavy atom. The molecule has 0 fully saturated rings. The van der Waals surface area contributed by atoms with Crippen LogP contribution in [0.2, 0.25) is 0 Å². The van der Waals surface area contributed by atoms with Crippen molar-refractivity contribution in [3.05, 3.63) is 72.0 Å². The number of carbonyl (C=O) groups excluding carboxylic acids is 1. The number of nitrogens with one attached hydrogen (secondary N) is 1. The zero-order valence-electron chi connectivity index (χ0n) is 13.6. The average Bonchev–Trinajstić information content (AvgIpc) is 3.11. The lowest BCUT2D eigenvalue weighted by Crippen LogP contribution is -2.10. The molecular weight excluding hydrogens is 347 g/mol. The van der Waals surface area contributed by atoms with Gasteiger partial charge in [0, 0.05) is 17.3 Å². The van der Waals surface area contributed by atoms with Gasteiger partial charge in [-0.1, -0.05) is 24.3 Å². The fourth-order valence-corrected chi connectivity index (χ4v) is 2.44. The number of halogens is 3. The Morgan fingerprint density at radius 3 is 2.54 bits per heavy atom. The number of carbonyl (C=O) groups is 1. The third-order valence-corrected chi connectivity index (χ3v) is 3.66. The van der Waals surface area contributed by atoms with Gasteiger partial charge in [0.2, 0.25) is 0 Å². The van der Waals surface area contributed by atoms with Crippen LogP contribution in [-0.2, 0) is 6.18 Å². The van der Waals surface area contributed by atoms with Crippen LogP contribution in [0.15, 0.2) is 65.1 Å². The van der Waals surface area contributed by atoms with Gasteiger partial charge in [-0.3, -0.25) is 4.79 Å². The van der Waals surface area contributed by atoms with E-state index in [1.807, 2.05) is 0 Å². The largest absolute Gasteiger partial charge is 0.497 e. The minimum absolute atomic E-state index is 0.0336. The number of hydrogen-bond acceptors (Lipinski definition) is 3. The van der Waals surface area contributed by atoms with Gasteiger partial charge >= 0.3 is 6.18 Å². The second-order valence-electron chi connectivity index (χ2n) is 5.39. The predicted molar refractivity (Wildman–Crippen MR) is 90.1 cm³/mol. The van der Waals surface area contributed by atoms with Crippen molar-refractivity contribution in [2.24, 2.45) is 0 Å². The molecule has 3 rings (SSSR count). The molecule has 0 saturated heterocycles. The number of furan rings is 1. The molecule has 0 atom stereocenters. The molecule has 7 heteroatoms. The fourth-order valence-electron chi connectivity index (χ4n) is 2.44. The summed E-state index contributed by atoms with van der Waals surface area (Å²) in [4.78, 5) is 12.3. The van der Waals surface area contributed by atoms with E-state index >= 15 is 0 Å². The molecular formula is C19H14F3NO3. The molecule has 2 aromatic carbocycles. The third kappa shape index (κ3) is 3.72. The van der Waals surface area contributed by atoms with E-state index in [4.69, 9.17) is 9.15 Å². The highest BCUT2D eigenvalue weighted by molar-refractivity contribution is 6.02. The highest BCUT2D eigenvalue weighted by Gasteiger charge is 2.34. The van der Waals surface area contributed by atoms with Crippen LogP contribution in [0.5, 0.6) is 5.75 Å². The lowest BCUT2D eigenvalue weighted by Gasteiger charge is -2.10. The minimum atomic E-state index is -4.52. The van der Waals surface area contributed by atoms with Gasteiger partial charge in [0.1, 0.15) is 11.5 Å². The number of alkyl halides is 3. The number of rotatable bonds is 4. The zero-order valence-corrected chi connectivity index (χ0v) is 13.6. The first-order chi connectivity index (χ1) is 12.4. The minimum Gasteiger partial charge on any atom is -0.497 e. The molecule has 0 bridgehead atoms. The maximum absolute atomic E-state index is 13.1. The van der Waals surface area contributed by atoms with Crippen LogP contribution in [-0.4, -0.2) is 13.0 Å². The van der Waals surface area contributed by atoms with Crippen molar-refractivity contribution in [3.63, 3.8) is 0 Å². The Kier molecular flexibility index (Phi) is 4.71. The van der Waals surface area contributed by atoms with Crippen molar-refractivity contribution in [1.82, 2.24) is 0 Å². The van der Waals surface area contributed by atoms with Gasteiger partial charge in [0.05, 0.1) is 12.7 Å². The first-order valence-corrected chi connectivity index (χ1v) is 7.60. The first kappa shape index (κ1) is 17.6. The lowest BCUT2D eigenvalue weighted by atomic mass is 10.1. The second-order valence-corrected chi connectivity index (χ2v) is 5.39. The summed E-state index contributed by atoms with van der Waals surface area (Å²) in [7, 11) is 1.50.